The van der Waals surface area contributed by atoms with E-state index in [1.165, 1.54) is 7.11 Å². The molecule has 0 saturated carbocycles. The van der Waals surface area contributed by atoms with E-state index in [-0.39, 0.29) is 11.5 Å². The summed E-state index contributed by atoms with van der Waals surface area (Å²) < 4.78 is 18.3. The Bertz CT molecular complexity index is 1110. The highest BCUT2D eigenvalue weighted by molar-refractivity contribution is 5.93. The molecule has 0 aliphatic heterocycles. The van der Waals surface area contributed by atoms with E-state index in [9.17, 15) is 10.1 Å². The number of benzene rings is 2. The Kier molecular flexibility index (Phi) is 6.08. The second kappa shape index (κ2) is 8.70. The molecule has 2 aromatic carbocycles. The molecule has 0 fully saturated rings. The molecule has 150 valence electrons. The molecule has 0 aliphatic rings. The third-order valence-electron chi connectivity index (χ3n) is 5.13. The van der Waals surface area contributed by atoms with E-state index < -0.39 is 0 Å². The smallest absolute Gasteiger partial charge is 0.201 e. The molecular formula is C23H24N2O4. The van der Waals surface area contributed by atoms with Gasteiger partial charge in [0.25, 0.3) is 0 Å². The number of nitriles is 1. The van der Waals surface area contributed by atoms with E-state index in [0.29, 0.717) is 40.1 Å². The van der Waals surface area contributed by atoms with Crippen LogP contribution in [0.3, 0.4) is 0 Å². The van der Waals surface area contributed by atoms with Crippen molar-refractivity contribution in [3.8, 4) is 34.4 Å². The summed E-state index contributed by atoms with van der Waals surface area (Å²) in [6.45, 7) is 2.02. The molecule has 1 aromatic heterocycles. The van der Waals surface area contributed by atoms with E-state index in [1.807, 2.05) is 42.0 Å². The minimum Gasteiger partial charge on any atom is -0.497 e. The Morgan fingerprint density at radius 1 is 1.00 bits per heavy atom. The van der Waals surface area contributed by atoms with Gasteiger partial charge in [-0.1, -0.05) is 19.1 Å². The van der Waals surface area contributed by atoms with Crippen LogP contribution in [-0.4, -0.2) is 25.9 Å². The molecule has 1 heterocycles. The molecule has 6 nitrogen and oxygen atoms in total. The molecule has 1 unspecified atom stereocenters. The zero-order chi connectivity index (χ0) is 21.0. The first-order valence-corrected chi connectivity index (χ1v) is 9.40. The topological polar surface area (TPSA) is 73.5 Å². The van der Waals surface area contributed by atoms with Gasteiger partial charge in [0.15, 0.2) is 0 Å². The van der Waals surface area contributed by atoms with Crippen molar-refractivity contribution in [2.24, 2.45) is 0 Å². The van der Waals surface area contributed by atoms with Gasteiger partial charge < -0.3 is 18.8 Å². The predicted octanol–water partition coefficient (Wildman–Crippen LogP) is 4.56. The van der Waals surface area contributed by atoms with Crippen LogP contribution in [0.1, 0.15) is 25.8 Å². The van der Waals surface area contributed by atoms with E-state index in [0.717, 1.165) is 12.0 Å². The molecular weight excluding hydrogens is 368 g/mol. The molecule has 0 spiro atoms. The van der Waals surface area contributed by atoms with Crippen LogP contribution in [0.25, 0.3) is 22.0 Å². The lowest BCUT2D eigenvalue weighted by Gasteiger charge is -2.23. The van der Waals surface area contributed by atoms with Gasteiger partial charge in [-0.05, 0) is 36.2 Å². The van der Waals surface area contributed by atoms with Crippen LogP contribution >= 0.6 is 0 Å². The highest BCUT2D eigenvalue weighted by Gasteiger charge is 2.21. The number of fused-ring (bicyclic) bond motifs is 1. The van der Waals surface area contributed by atoms with E-state index in [4.69, 9.17) is 14.2 Å². The average molecular weight is 392 g/mol. The summed E-state index contributed by atoms with van der Waals surface area (Å²) >= 11 is 0. The molecule has 1 atom stereocenters. The molecule has 3 aromatic rings. The maximum Gasteiger partial charge on any atom is 0.201 e. The quantitative estimate of drug-likeness (QED) is 0.589. The monoisotopic (exact) mass is 392 g/mol. The zero-order valence-corrected chi connectivity index (χ0v) is 17.1. The van der Waals surface area contributed by atoms with Crippen LogP contribution < -0.4 is 19.6 Å². The van der Waals surface area contributed by atoms with Crippen LogP contribution in [0.4, 0.5) is 0 Å². The van der Waals surface area contributed by atoms with Crippen molar-refractivity contribution in [2.75, 3.05) is 21.3 Å². The summed E-state index contributed by atoms with van der Waals surface area (Å²) in [5, 5.41) is 9.77. The number of pyridine rings is 1. The molecule has 0 bridgehead atoms. The van der Waals surface area contributed by atoms with Gasteiger partial charge >= 0.3 is 0 Å². The molecule has 0 N–H and O–H groups in total. The molecule has 0 amide bonds. The number of ether oxygens (including phenoxy) is 3. The Morgan fingerprint density at radius 3 is 2.21 bits per heavy atom. The summed E-state index contributed by atoms with van der Waals surface area (Å²) in [6.07, 6.45) is 2.87. The lowest BCUT2D eigenvalue weighted by atomic mass is 10.0. The largest absolute Gasteiger partial charge is 0.497 e. The number of rotatable bonds is 7. The summed E-state index contributed by atoms with van der Waals surface area (Å²) in [7, 11) is 4.71. The first kappa shape index (κ1) is 20.3. The van der Waals surface area contributed by atoms with Crippen molar-refractivity contribution >= 4 is 10.9 Å². The number of aromatic nitrogens is 1. The molecule has 0 saturated heterocycles. The van der Waals surface area contributed by atoms with Crippen LogP contribution in [0, 0.1) is 11.3 Å². The van der Waals surface area contributed by atoms with Gasteiger partial charge in [0.05, 0.1) is 44.7 Å². The highest BCUT2D eigenvalue weighted by Crippen LogP contribution is 2.36. The van der Waals surface area contributed by atoms with Crippen molar-refractivity contribution in [2.45, 2.75) is 25.8 Å². The van der Waals surface area contributed by atoms with Crippen LogP contribution in [0.5, 0.6) is 17.2 Å². The average Bonchev–Trinajstić information content (AvgIpc) is 2.77. The lowest BCUT2D eigenvalue weighted by molar-refractivity contribution is 0.405. The fourth-order valence-electron chi connectivity index (χ4n) is 3.57. The fraction of sp³-hybridized carbons (Fsp3) is 0.304. The number of methoxy groups -OCH3 is 3. The SMILES string of the molecule is CCC(CC#N)n1cc(-c2ccc(OC)cc2)c(=O)c2c(OC)ccc(OC)c21. The standard InChI is InChI=1S/C23H24N2O4/c1-5-16(12-13-24)25-14-18(15-6-8-17(27-2)9-7-15)23(26)21-19(28-3)10-11-20(29-4)22(21)25/h6-11,14,16H,5,12H2,1-4H3. The third kappa shape index (κ3) is 3.64. The minimum atomic E-state index is -0.149. The predicted molar refractivity (Wildman–Crippen MR) is 113 cm³/mol. The molecule has 3 rings (SSSR count). The van der Waals surface area contributed by atoms with Crippen molar-refractivity contribution in [3.63, 3.8) is 0 Å². The summed E-state index contributed by atoms with van der Waals surface area (Å²) in [5.41, 5.74) is 1.78. The number of nitrogens with zero attached hydrogens (tertiary/aromatic N) is 2. The lowest BCUT2D eigenvalue weighted by Crippen LogP contribution is -2.17. The van der Waals surface area contributed by atoms with Crippen LogP contribution in [-0.2, 0) is 0 Å². The Hall–Kier alpha value is -3.46. The van der Waals surface area contributed by atoms with Crippen molar-refractivity contribution in [3.05, 3.63) is 52.8 Å². The third-order valence-corrected chi connectivity index (χ3v) is 5.13. The van der Waals surface area contributed by atoms with Crippen LogP contribution in [0.15, 0.2) is 47.4 Å². The minimum absolute atomic E-state index is 0.110. The number of hydrogen-bond donors (Lipinski definition) is 0. The Balaban J connectivity index is 2.43. The van der Waals surface area contributed by atoms with Crippen molar-refractivity contribution < 1.29 is 14.2 Å². The summed E-state index contributed by atoms with van der Waals surface area (Å²) in [4.78, 5) is 13.5. The van der Waals surface area contributed by atoms with Gasteiger partial charge in [-0.2, -0.15) is 5.26 Å². The Labute approximate surface area is 169 Å². The van der Waals surface area contributed by atoms with E-state index in [1.54, 1.807) is 26.4 Å². The molecule has 29 heavy (non-hydrogen) atoms. The first-order chi connectivity index (χ1) is 14.1. The second-order valence-electron chi connectivity index (χ2n) is 6.63. The van der Waals surface area contributed by atoms with E-state index in [2.05, 4.69) is 6.07 Å². The van der Waals surface area contributed by atoms with Crippen molar-refractivity contribution in [1.29, 1.82) is 5.26 Å². The van der Waals surface area contributed by atoms with Gasteiger partial charge in [0.2, 0.25) is 5.43 Å². The normalized spacial score (nSPS) is 11.7. The fourth-order valence-corrected chi connectivity index (χ4v) is 3.57. The van der Waals surface area contributed by atoms with Gasteiger partial charge in [0, 0.05) is 17.8 Å². The zero-order valence-electron chi connectivity index (χ0n) is 17.1. The summed E-state index contributed by atoms with van der Waals surface area (Å²) in [5.74, 6) is 1.75. The van der Waals surface area contributed by atoms with Gasteiger partial charge in [-0.3, -0.25) is 4.79 Å². The van der Waals surface area contributed by atoms with Gasteiger partial charge in [0.1, 0.15) is 17.2 Å². The number of hydrogen-bond acceptors (Lipinski definition) is 5. The van der Waals surface area contributed by atoms with E-state index >= 15 is 0 Å². The first-order valence-electron chi connectivity index (χ1n) is 9.40. The highest BCUT2D eigenvalue weighted by atomic mass is 16.5. The second-order valence-corrected chi connectivity index (χ2v) is 6.63. The molecule has 6 heteroatoms. The molecule has 0 radical (unpaired) electrons. The maximum atomic E-state index is 13.5. The van der Waals surface area contributed by atoms with Crippen LogP contribution in [0.2, 0.25) is 0 Å². The summed E-state index contributed by atoms with van der Waals surface area (Å²) in [6, 6.07) is 13.0. The van der Waals surface area contributed by atoms with Gasteiger partial charge in [-0.15, -0.1) is 0 Å². The van der Waals surface area contributed by atoms with Gasteiger partial charge in [-0.25, -0.2) is 0 Å². The maximum absolute atomic E-state index is 13.5. The Morgan fingerprint density at radius 2 is 1.66 bits per heavy atom. The molecule has 0 aliphatic carbocycles. The van der Waals surface area contributed by atoms with Crippen molar-refractivity contribution in [1.82, 2.24) is 4.57 Å².